The topological polar surface area (TPSA) is 40.5 Å². The number of carboxylic acids is 1. The highest BCUT2D eigenvalue weighted by Crippen LogP contribution is 2.38. The number of aliphatic carboxylic acids is 1. The second kappa shape index (κ2) is 6.65. The Kier molecular flexibility index (Phi) is 5.41. The van der Waals surface area contributed by atoms with Crippen molar-refractivity contribution < 1.29 is 23.1 Å². The van der Waals surface area contributed by atoms with Crippen LogP contribution in [0.4, 0.5) is 18.9 Å². The highest BCUT2D eigenvalue weighted by molar-refractivity contribution is 5.85. The first-order valence-electron chi connectivity index (χ1n) is 6.55. The fraction of sp³-hybridized carbons (Fsp3) is 0.400. The van der Waals surface area contributed by atoms with E-state index in [9.17, 15) is 18.0 Å². The molecule has 21 heavy (non-hydrogen) atoms. The molecule has 1 aromatic rings. The van der Waals surface area contributed by atoms with Crippen molar-refractivity contribution in [2.24, 2.45) is 0 Å². The van der Waals surface area contributed by atoms with E-state index in [-0.39, 0.29) is 17.3 Å². The molecule has 3 nitrogen and oxygen atoms in total. The standard InChI is InChI=1S/C15H18F3NO2/c1-4-19(10(2)3)13-7-5-11(6-8-14(20)21)9-12(13)15(16,17)18/h5-10H,4H2,1-3H3,(H,20,21)/b8-6+. The van der Waals surface area contributed by atoms with E-state index in [4.69, 9.17) is 5.11 Å². The van der Waals surface area contributed by atoms with Crippen molar-refractivity contribution in [3.05, 3.63) is 35.4 Å². The van der Waals surface area contributed by atoms with E-state index in [1.165, 1.54) is 12.1 Å². The average Bonchev–Trinajstić information content (AvgIpc) is 2.36. The van der Waals surface area contributed by atoms with Crippen LogP contribution in [0.2, 0.25) is 0 Å². The third-order valence-corrected chi connectivity index (χ3v) is 3.02. The molecule has 0 spiro atoms. The molecule has 1 aromatic carbocycles. The maximum absolute atomic E-state index is 13.2. The summed E-state index contributed by atoms with van der Waals surface area (Å²) in [4.78, 5) is 12.1. The van der Waals surface area contributed by atoms with Gasteiger partial charge in [0, 0.05) is 24.4 Å². The molecule has 0 bridgehead atoms. The maximum Gasteiger partial charge on any atom is 0.418 e. The van der Waals surface area contributed by atoms with Gasteiger partial charge in [-0.2, -0.15) is 13.2 Å². The predicted octanol–water partition coefficient (Wildman–Crippen LogP) is 4.04. The molecule has 0 saturated heterocycles. The van der Waals surface area contributed by atoms with Gasteiger partial charge in [0.25, 0.3) is 0 Å². The van der Waals surface area contributed by atoms with Crippen LogP contribution in [-0.2, 0) is 11.0 Å². The number of halogens is 3. The Morgan fingerprint density at radius 2 is 2.00 bits per heavy atom. The van der Waals surface area contributed by atoms with Crippen LogP contribution in [-0.4, -0.2) is 23.7 Å². The van der Waals surface area contributed by atoms with Gasteiger partial charge in [-0.1, -0.05) is 6.07 Å². The Hall–Kier alpha value is -1.98. The lowest BCUT2D eigenvalue weighted by atomic mass is 10.1. The molecule has 0 heterocycles. The Morgan fingerprint density at radius 1 is 1.38 bits per heavy atom. The highest BCUT2D eigenvalue weighted by Gasteiger charge is 2.35. The van der Waals surface area contributed by atoms with E-state index in [2.05, 4.69) is 0 Å². The van der Waals surface area contributed by atoms with Crippen LogP contribution in [0.1, 0.15) is 31.9 Å². The number of carboxylic acid groups (broad SMARTS) is 1. The fourth-order valence-corrected chi connectivity index (χ4v) is 2.12. The van der Waals surface area contributed by atoms with Gasteiger partial charge in [0.15, 0.2) is 0 Å². The zero-order valence-corrected chi connectivity index (χ0v) is 12.1. The van der Waals surface area contributed by atoms with Crippen molar-refractivity contribution in [3.63, 3.8) is 0 Å². The third kappa shape index (κ3) is 4.51. The molecule has 0 aliphatic heterocycles. The highest BCUT2D eigenvalue weighted by atomic mass is 19.4. The number of nitrogens with zero attached hydrogens (tertiary/aromatic N) is 1. The summed E-state index contributed by atoms with van der Waals surface area (Å²) in [5.41, 5.74) is -0.452. The molecule has 116 valence electrons. The van der Waals surface area contributed by atoms with Crippen LogP contribution in [0.5, 0.6) is 0 Å². The Balaban J connectivity index is 3.36. The number of carbonyl (C=O) groups is 1. The third-order valence-electron chi connectivity index (χ3n) is 3.02. The SMILES string of the molecule is CCN(c1ccc(/C=C/C(=O)O)cc1C(F)(F)F)C(C)C. The Labute approximate surface area is 121 Å². The predicted molar refractivity (Wildman–Crippen MR) is 76.3 cm³/mol. The Bertz CT molecular complexity index is 536. The quantitative estimate of drug-likeness (QED) is 0.834. The van der Waals surface area contributed by atoms with Gasteiger partial charge in [-0.15, -0.1) is 0 Å². The molecule has 6 heteroatoms. The summed E-state index contributed by atoms with van der Waals surface area (Å²) < 4.78 is 39.7. The number of alkyl halides is 3. The van der Waals surface area contributed by atoms with Crippen molar-refractivity contribution in [2.45, 2.75) is 33.0 Å². The lowest BCUT2D eigenvalue weighted by Gasteiger charge is -2.30. The van der Waals surface area contributed by atoms with E-state index in [1.54, 1.807) is 11.8 Å². The number of anilines is 1. The molecule has 0 atom stereocenters. The lowest BCUT2D eigenvalue weighted by molar-refractivity contribution is -0.137. The molecule has 0 aromatic heterocycles. The zero-order chi connectivity index (χ0) is 16.2. The average molecular weight is 301 g/mol. The summed E-state index contributed by atoms with van der Waals surface area (Å²) in [6.45, 7) is 5.88. The summed E-state index contributed by atoms with van der Waals surface area (Å²) in [6.07, 6.45) is -2.53. The first kappa shape index (κ1) is 17.1. The number of hydrogen-bond donors (Lipinski definition) is 1. The maximum atomic E-state index is 13.2. The summed E-state index contributed by atoms with van der Waals surface area (Å²) in [5.74, 6) is -1.20. The second-order valence-electron chi connectivity index (χ2n) is 4.83. The summed E-state index contributed by atoms with van der Waals surface area (Å²) in [7, 11) is 0. The van der Waals surface area contributed by atoms with E-state index in [0.29, 0.717) is 6.54 Å². The van der Waals surface area contributed by atoms with Gasteiger partial charge in [0.05, 0.1) is 5.56 Å². The molecule has 0 aliphatic rings. The summed E-state index contributed by atoms with van der Waals surface area (Å²) in [5, 5.41) is 8.54. The van der Waals surface area contributed by atoms with Crippen molar-refractivity contribution in [1.29, 1.82) is 0 Å². The molecule has 0 saturated carbocycles. The molecule has 0 fully saturated rings. The summed E-state index contributed by atoms with van der Waals surface area (Å²) in [6, 6.07) is 3.76. The molecule has 0 aliphatic carbocycles. The van der Waals surface area contributed by atoms with E-state index < -0.39 is 17.7 Å². The van der Waals surface area contributed by atoms with Gasteiger partial charge in [-0.05, 0) is 44.5 Å². The van der Waals surface area contributed by atoms with Crippen molar-refractivity contribution >= 4 is 17.7 Å². The van der Waals surface area contributed by atoms with Crippen LogP contribution in [0.25, 0.3) is 6.08 Å². The van der Waals surface area contributed by atoms with Gasteiger partial charge in [0.2, 0.25) is 0 Å². The zero-order valence-electron chi connectivity index (χ0n) is 12.1. The lowest BCUT2D eigenvalue weighted by Crippen LogP contribution is -2.32. The minimum absolute atomic E-state index is 0.0727. The van der Waals surface area contributed by atoms with Crippen LogP contribution in [0, 0.1) is 0 Å². The first-order chi connectivity index (χ1) is 9.66. The van der Waals surface area contributed by atoms with Crippen LogP contribution < -0.4 is 4.90 Å². The smallest absolute Gasteiger partial charge is 0.418 e. The van der Waals surface area contributed by atoms with Crippen molar-refractivity contribution in [1.82, 2.24) is 0 Å². The fourth-order valence-electron chi connectivity index (χ4n) is 2.12. The molecule has 1 rings (SSSR count). The number of rotatable bonds is 5. The van der Waals surface area contributed by atoms with E-state index in [1.807, 2.05) is 13.8 Å². The van der Waals surface area contributed by atoms with Crippen LogP contribution in [0.3, 0.4) is 0 Å². The minimum atomic E-state index is -4.50. The number of hydrogen-bond acceptors (Lipinski definition) is 2. The number of benzene rings is 1. The van der Waals surface area contributed by atoms with Crippen molar-refractivity contribution in [2.75, 3.05) is 11.4 Å². The molecule has 1 N–H and O–H groups in total. The molecule has 0 radical (unpaired) electrons. The van der Waals surface area contributed by atoms with Gasteiger partial charge < -0.3 is 10.0 Å². The summed E-state index contributed by atoms with van der Waals surface area (Å²) >= 11 is 0. The molecular weight excluding hydrogens is 283 g/mol. The van der Waals surface area contributed by atoms with Crippen LogP contribution >= 0.6 is 0 Å². The monoisotopic (exact) mass is 301 g/mol. The van der Waals surface area contributed by atoms with Gasteiger partial charge in [0.1, 0.15) is 0 Å². The van der Waals surface area contributed by atoms with E-state index in [0.717, 1.165) is 18.2 Å². The van der Waals surface area contributed by atoms with Crippen LogP contribution in [0.15, 0.2) is 24.3 Å². The Morgan fingerprint density at radius 3 is 2.43 bits per heavy atom. The van der Waals surface area contributed by atoms with Gasteiger partial charge >= 0.3 is 12.1 Å². The normalized spacial score (nSPS) is 12.1. The second-order valence-corrected chi connectivity index (χ2v) is 4.83. The largest absolute Gasteiger partial charge is 0.478 e. The van der Waals surface area contributed by atoms with Gasteiger partial charge in [-0.25, -0.2) is 4.79 Å². The molecular formula is C15H18F3NO2. The molecule has 0 unspecified atom stereocenters. The van der Waals surface area contributed by atoms with Gasteiger partial charge in [-0.3, -0.25) is 0 Å². The van der Waals surface area contributed by atoms with Crippen molar-refractivity contribution in [3.8, 4) is 0 Å². The minimum Gasteiger partial charge on any atom is -0.478 e. The van der Waals surface area contributed by atoms with E-state index >= 15 is 0 Å². The molecule has 0 amide bonds. The first-order valence-corrected chi connectivity index (χ1v) is 6.55.